The first-order valence-electron chi connectivity index (χ1n) is 10.2. The lowest BCUT2D eigenvalue weighted by Crippen LogP contribution is -2.46. The van der Waals surface area contributed by atoms with Crippen LogP contribution in [0.25, 0.3) is 0 Å². The van der Waals surface area contributed by atoms with Gasteiger partial charge in [0, 0.05) is 17.9 Å². The van der Waals surface area contributed by atoms with Crippen molar-refractivity contribution in [2.45, 2.75) is 17.8 Å². The molecule has 2 heterocycles. The van der Waals surface area contributed by atoms with Gasteiger partial charge in [-0.15, -0.1) is 11.8 Å². The number of rotatable bonds is 8. The van der Waals surface area contributed by atoms with Gasteiger partial charge in [0.05, 0.1) is 34.0 Å². The second-order valence-corrected chi connectivity index (χ2v) is 8.52. The Morgan fingerprint density at radius 1 is 1.03 bits per heavy atom. The van der Waals surface area contributed by atoms with E-state index in [2.05, 4.69) is 5.32 Å². The maximum atomic E-state index is 13.2. The zero-order chi connectivity index (χ0) is 22.8. The molecule has 8 nitrogen and oxygen atoms in total. The molecule has 1 fully saturated rings. The maximum Gasteiger partial charge on any atom is 0.260 e. The number of ether oxygens (including phenoxy) is 4. The Kier molecular flexibility index (Phi) is 6.36. The number of benzene rings is 2. The molecular weight excluding hydrogens is 432 g/mol. The second-order valence-electron chi connectivity index (χ2n) is 7.41. The molecule has 0 saturated carbocycles. The van der Waals surface area contributed by atoms with E-state index in [1.54, 1.807) is 36.9 Å². The molecule has 0 aromatic heterocycles. The summed E-state index contributed by atoms with van der Waals surface area (Å²) in [4.78, 5) is 27.9. The molecule has 32 heavy (non-hydrogen) atoms. The van der Waals surface area contributed by atoms with Gasteiger partial charge in [-0.05, 0) is 30.2 Å². The highest BCUT2D eigenvalue weighted by molar-refractivity contribution is 7.99. The maximum absolute atomic E-state index is 13.2. The summed E-state index contributed by atoms with van der Waals surface area (Å²) in [6.07, 6.45) is 0.634. The summed E-state index contributed by atoms with van der Waals surface area (Å²) in [6.45, 7) is 0.451. The molecule has 1 N–H and O–H groups in total. The zero-order valence-electron chi connectivity index (χ0n) is 18.5. The summed E-state index contributed by atoms with van der Waals surface area (Å²) < 4.78 is 21.4. The van der Waals surface area contributed by atoms with Crippen LogP contribution in [0.1, 0.15) is 26.9 Å². The van der Waals surface area contributed by atoms with Gasteiger partial charge in [0.1, 0.15) is 11.4 Å². The molecule has 2 aliphatic rings. The van der Waals surface area contributed by atoms with Crippen LogP contribution < -0.4 is 24.3 Å². The van der Waals surface area contributed by atoms with E-state index in [9.17, 15) is 9.59 Å². The third kappa shape index (κ3) is 3.70. The fraction of sp³-hybridized carbons (Fsp3) is 0.391. The van der Waals surface area contributed by atoms with E-state index in [0.29, 0.717) is 47.3 Å². The van der Waals surface area contributed by atoms with Crippen LogP contribution in [0, 0.1) is 0 Å². The summed E-state index contributed by atoms with van der Waals surface area (Å²) in [5.74, 6) is 2.41. The average molecular weight is 459 g/mol. The summed E-state index contributed by atoms with van der Waals surface area (Å²) in [7, 11) is 6.23. The average Bonchev–Trinajstić information content (AvgIpc) is 3.38. The number of hydrogen-bond acceptors (Lipinski definition) is 7. The van der Waals surface area contributed by atoms with Gasteiger partial charge in [-0.3, -0.25) is 9.59 Å². The molecule has 4 rings (SSSR count). The Morgan fingerprint density at radius 2 is 1.75 bits per heavy atom. The molecule has 9 heteroatoms. The summed E-state index contributed by atoms with van der Waals surface area (Å²) in [6, 6.07) is 8.82. The van der Waals surface area contributed by atoms with Crippen molar-refractivity contribution in [2.24, 2.45) is 0 Å². The minimum atomic E-state index is -0.536. The summed E-state index contributed by atoms with van der Waals surface area (Å²) in [5, 5.41) is 2.78. The largest absolute Gasteiger partial charge is 0.493 e. The van der Waals surface area contributed by atoms with Crippen molar-refractivity contribution in [3.8, 4) is 23.0 Å². The van der Waals surface area contributed by atoms with E-state index in [1.807, 2.05) is 24.3 Å². The van der Waals surface area contributed by atoms with Gasteiger partial charge in [-0.2, -0.15) is 0 Å². The van der Waals surface area contributed by atoms with Crippen LogP contribution in [0.2, 0.25) is 0 Å². The van der Waals surface area contributed by atoms with Gasteiger partial charge < -0.3 is 29.2 Å². The minimum Gasteiger partial charge on any atom is -0.493 e. The molecule has 2 aliphatic heterocycles. The number of hydrogen-bond donors (Lipinski definition) is 1. The number of thioether (sulfide) groups is 1. The smallest absolute Gasteiger partial charge is 0.260 e. The zero-order valence-corrected chi connectivity index (χ0v) is 19.3. The van der Waals surface area contributed by atoms with Gasteiger partial charge in [0.25, 0.3) is 5.91 Å². The molecule has 0 bridgehead atoms. The molecule has 170 valence electrons. The van der Waals surface area contributed by atoms with Crippen molar-refractivity contribution >= 4 is 23.6 Å². The topological polar surface area (TPSA) is 86.3 Å². The number of fused-ring (bicyclic) bond motifs is 3. The van der Waals surface area contributed by atoms with Crippen LogP contribution in [-0.4, -0.2) is 63.5 Å². The molecule has 2 aromatic carbocycles. The number of nitrogens with one attached hydrogen (secondary N) is 1. The SMILES string of the molecule is COc1ccc(CCNC(=O)[C@H]2CS[C@@H]3c4ccc(OC)c(OC)c4C(=O)N23)cc1OC. The van der Waals surface area contributed by atoms with Crippen molar-refractivity contribution in [2.75, 3.05) is 40.7 Å². The molecule has 0 spiro atoms. The normalized spacial score (nSPS) is 18.8. The lowest BCUT2D eigenvalue weighted by Gasteiger charge is -2.22. The van der Waals surface area contributed by atoms with Crippen molar-refractivity contribution in [3.63, 3.8) is 0 Å². The quantitative estimate of drug-likeness (QED) is 0.651. The highest BCUT2D eigenvalue weighted by atomic mass is 32.2. The van der Waals surface area contributed by atoms with Crippen molar-refractivity contribution in [1.29, 1.82) is 0 Å². The Bertz CT molecular complexity index is 1040. The Hall–Kier alpha value is -3.07. The van der Waals surface area contributed by atoms with E-state index in [1.165, 1.54) is 14.2 Å². The molecular formula is C23H26N2O6S. The number of carbonyl (C=O) groups is 2. The van der Waals surface area contributed by atoms with E-state index in [4.69, 9.17) is 18.9 Å². The molecule has 0 radical (unpaired) electrons. The first kappa shape index (κ1) is 22.1. The van der Waals surface area contributed by atoms with Gasteiger partial charge in [0.15, 0.2) is 23.0 Å². The molecule has 2 amide bonds. The Labute approximate surface area is 191 Å². The Morgan fingerprint density at radius 3 is 2.44 bits per heavy atom. The molecule has 2 aromatic rings. The van der Waals surface area contributed by atoms with Crippen LogP contribution in [-0.2, 0) is 11.2 Å². The number of amides is 2. The second kappa shape index (κ2) is 9.20. The Balaban J connectivity index is 1.43. The summed E-state index contributed by atoms with van der Waals surface area (Å²) >= 11 is 1.58. The highest BCUT2D eigenvalue weighted by Gasteiger charge is 2.50. The first-order chi connectivity index (χ1) is 15.5. The number of nitrogens with zero attached hydrogens (tertiary/aromatic N) is 1. The van der Waals surface area contributed by atoms with Crippen molar-refractivity contribution in [3.05, 3.63) is 47.0 Å². The highest BCUT2D eigenvalue weighted by Crippen LogP contribution is 2.52. The first-order valence-corrected chi connectivity index (χ1v) is 11.3. The van der Waals surface area contributed by atoms with Crippen molar-refractivity contribution < 1.29 is 28.5 Å². The van der Waals surface area contributed by atoms with Crippen LogP contribution in [0.3, 0.4) is 0 Å². The van der Waals surface area contributed by atoms with Crippen molar-refractivity contribution in [1.82, 2.24) is 10.2 Å². The predicted molar refractivity (Wildman–Crippen MR) is 121 cm³/mol. The number of carbonyl (C=O) groups excluding carboxylic acids is 2. The molecule has 0 aliphatic carbocycles. The van der Waals surface area contributed by atoms with Gasteiger partial charge >= 0.3 is 0 Å². The fourth-order valence-corrected chi connectivity index (χ4v) is 5.63. The predicted octanol–water partition coefficient (Wildman–Crippen LogP) is 2.65. The van der Waals surface area contributed by atoms with E-state index in [-0.39, 0.29) is 17.2 Å². The monoisotopic (exact) mass is 458 g/mol. The third-order valence-corrected chi connectivity index (χ3v) is 7.06. The molecule has 2 atom stereocenters. The third-order valence-electron chi connectivity index (χ3n) is 5.76. The van der Waals surface area contributed by atoms with Crippen LogP contribution in [0.15, 0.2) is 30.3 Å². The standard InChI is InChI=1S/C23H26N2O6S/c1-28-16-7-5-13(11-18(16)30-3)9-10-24-21(26)15-12-32-23-14-6-8-17(29-2)20(31-4)19(14)22(27)25(15)23/h5-8,11,15,23H,9-10,12H2,1-4H3,(H,24,26)/t15-,23-/m1/s1. The number of methoxy groups -OCH3 is 4. The lowest BCUT2D eigenvalue weighted by atomic mass is 10.1. The van der Waals surface area contributed by atoms with E-state index < -0.39 is 6.04 Å². The van der Waals surface area contributed by atoms with Crippen LogP contribution >= 0.6 is 11.8 Å². The fourth-order valence-electron chi connectivity index (χ4n) is 4.18. The van der Waals surface area contributed by atoms with Gasteiger partial charge in [0.2, 0.25) is 5.91 Å². The molecule has 0 unspecified atom stereocenters. The van der Waals surface area contributed by atoms with Crippen LogP contribution in [0.4, 0.5) is 0 Å². The molecule has 1 saturated heterocycles. The van der Waals surface area contributed by atoms with Gasteiger partial charge in [-0.1, -0.05) is 12.1 Å². The summed E-state index contributed by atoms with van der Waals surface area (Å²) in [5.41, 5.74) is 2.36. The minimum absolute atomic E-state index is 0.160. The lowest BCUT2D eigenvalue weighted by molar-refractivity contribution is -0.124. The van der Waals surface area contributed by atoms with E-state index >= 15 is 0 Å². The van der Waals surface area contributed by atoms with Crippen LogP contribution in [0.5, 0.6) is 23.0 Å². The van der Waals surface area contributed by atoms with E-state index in [0.717, 1.165) is 11.1 Å². The van der Waals surface area contributed by atoms with Gasteiger partial charge in [-0.25, -0.2) is 0 Å².